The van der Waals surface area contributed by atoms with Crippen molar-refractivity contribution in [3.63, 3.8) is 0 Å². The minimum Gasteiger partial charge on any atom is -0.368 e. The van der Waals surface area contributed by atoms with Crippen molar-refractivity contribution in [1.29, 1.82) is 0 Å². The summed E-state index contributed by atoms with van der Waals surface area (Å²) in [5.41, 5.74) is 8.48. The van der Waals surface area contributed by atoms with Crippen LogP contribution in [0.25, 0.3) is 10.7 Å². The molecule has 0 atom stereocenters. The Morgan fingerprint density at radius 1 is 1.33 bits per heavy atom. The summed E-state index contributed by atoms with van der Waals surface area (Å²) in [6.07, 6.45) is 3.46. The van der Waals surface area contributed by atoms with Gasteiger partial charge >= 0.3 is 0 Å². The van der Waals surface area contributed by atoms with Crippen molar-refractivity contribution in [3.05, 3.63) is 52.1 Å². The first-order valence-corrected chi connectivity index (χ1v) is 7.45. The minimum atomic E-state index is 0.336. The number of nitrogens with zero attached hydrogens (tertiary/aromatic N) is 4. The quantitative estimate of drug-likeness (QED) is 0.752. The molecule has 0 saturated heterocycles. The molecule has 7 heteroatoms. The molecule has 2 N–H and O–H groups in total. The van der Waals surface area contributed by atoms with Crippen LogP contribution in [0.15, 0.2) is 40.9 Å². The Hall–Kier alpha value is -2.18. The number of halogens is 1. The first kappa shape index (κ1) is 13.8. The van der Waals surface area contributed by atoms with Crippen LogP contribution >= 0.6 is 22.9 Å². The Balaban J connectivity index is 1.94. The summed E-state index contributed by atoms with van der Waals surface area (Å²) in [5, 5.41) is 7.80. The maximum Gasteiger partial charge on any atom is 0.222 e. The lowest BCUT2D eigenvalue weighted by molar-refractivity contribution is 0.860. The number of nitrogens with two attached hydrogens (primary N) is 1. The molecule has 106 valence electrons. The predicted molar refractivity (Wildman–Crippen MR) is 86.9 cm³/mol. The summed E-state index contributed by atoms with van der Waals surface area (Å²) in [4.78, 5) is 8.58. The third-order valence-electron chi connectivity index (χ3n) is 2.93. The molecule has 5 nitrogen and oxygen atoms in total. The van der Waals surface area contributed by atoms with Crippen molar-refractivity contribution in [3.8, 4) is 10.7 Å². The summed E-state index contributed by atoms with van der Waals surface area (Å²) in [5.74, 6) is 0.336. The highest BCUT2D eigenvalue weighted by atomic mass is 35.5. The van der Waals surface area contributed by atoms with Gasteiger partial charge in [-0.25, -0.2) is 14.6 Å². The fraction of sp³-hybridized carbons (Fsp3) is 0.0714. The fourth-order valence-corrected chi connectivity index (χ4v) is 2.68. The summed E-state index contributed by atoms with van der Waals surface area (Å²) < 4.78 is 1.60. The van der Waals surface area contributed by atoms with Crippen LogP contribution in [0.4, 0.5) is 5.95 Å². The molecule has 0 aliphatic rings. The van der Waals surface area contributed by atoms with Gasteiger partial charge in [0.1, 0.15) is 10.7 Å². The second-order valence-electron chi connectivity index (χ2n) is 4.35. The minimum absolute atomic E-state index is 0.336. The van der Waals surface area contributed by atoms with Gasteiger partial charge in [0.05, 0.1) is 11.9 Å². The molecule has 1 aromatic carbocycles. The summed E-state index contributed by atoms with van der Waals surface area (Å²) in [6.45, 7) is 1.92. The number of thiazole rings is 1. The maximum absolute atomic E-state index is 5.93. The predicted octanol–water partition coefficient (Wildman–Crippen LogP) is 3.43. The van der Waals surface area contributed by atoms with Crippen LogP contribution in [0.1, 0.15) is 11.3 Å². The lowest BCUT2D eigenvalue weighted by Gasteiger charge is -1.99. The van der Waals surface area contributed by atoms with Crippen LogP contribution in [-0.4, -0.2) is 20.9 Å². The van der Waals surface area contributed by atoms with E-state index in [-0.39, 0.29) is 0 Å². The van der Waals surface area contributed by atoms with E-state index < -0.39 is 0 Å². The van der Waals surface area contributed by atoms with Crippen LogP contribution in [0.5, 0.6) is 0 Å². The number of aromatic nitrogens is 3. The number of anilines is 1. The van der Waals surface area contributed by atoms with Gasteiger partial charge in [0.15, 0.2) is 0 Å². The molecule has 0 amide bonds. The zero-order valence-electron chi connectivity index (χ0n) is 11.2. The van der Waals surface area contributed by atoms with Crippen molar-refractivity contribution < 1.29 is 0 Å². The van der Waals surface area contributed by atoms with Crippen LogP contribution < -0.4 is 5.73 Å². The Bertz CT molecular complexity index is 775. The van der Waals surface area contributed by atoms with Gasteiger partial charge in [0, 0.05) is 16.6 Å². The van der Waals surface area contributed by atoms with Crippen molar-refractivity contribution in [2.45, 2.75) is 6.92 Å². The molecule has 0 radical (unpaired) electrons. The van der Waals surface area contributed by atoms with Crippen LogP contribution in [0, 0.1) is 6.92 Å². The van der Waals surface area contributed by atoms with E-state index in [2.05, 4.69) is 15.1 Å². The van der Waals surface area contributed by atoms with Gasteiger partial charge in [-0.05, 0) is 24.6 Å². The molecule has 2 aromatic heterocycles. The van der Waals surface area contributed by atoms with Crippen molar-refractivity contribution in [2.24, 2.45) is 5.10 Å². The fourth-order valence-electron chi connectivity index (χ4n) is 1.88. The summed E-state index contributed by atoms with van der Waals surface area (Å²) in [7, 11) is 0. The molecule has 0 unspecified atom stereocenters. The molecule has 0 saturated carbocycles. The van der Waals surface area contributed by atoms with E-state index in [1.165, 1.54) is 11.3 Å². The highest BCUT2D eigenvalue weighted by molar-refractivity contribution is 7.13. The number of imidazole rings is 1. The largest absolute Gasteiger partial charge is 0.368 e. The first-order chi connectivity index (χ1) is 10.1. The molecule has 21 heavy (non-hydrogen) atoms. The van der Waals surface area contributed by atoms with E-state index >= 15 is 0 Å². The van der Waals surface area contributed by atoms with Gasteiger partial charge in [-0.1, -0.05) is 23.7 Å². The SMILES string of the molecule is Cc1c(-c2nccs2)nc(N)n1/N=C/c1ccc(Cl)cc1. The smallest absolute Gasteiger partial charge is 0.222 e. The lowest BCUT2D eigenvalue weighted by atomic mass is 10.2. The van der Waals surface area contributed by atoms with E-state index in [4.69, 9.17) is 17.3 Å². The molecular formula is C14H12ClN5S. The first-order valence-electron chi connectivity index (χ1n) is 6.20. The molecular weight excluding hydrogens is 306 g/mol. The van der Waals surface area contributed by atoms with Crippen LogP contribution in [0.2, 0.25) is 5.02 Å². The second kappa shape index (κ2) is 5.67. The third kappa shape index (κ3) is 2.81. The number of rotatable bonds is 3. The Kier molecular flexibility index (Phi) is 3.72. The Labute approximate surface area is 130 Å². The Morgan fingerprint density at radius 2 is 2.10 bits per heavy atom. The maximum atomic E-state index is 5.93. The molecule has 0 fully saturated rings. The molecule has 0 aliphatic carbocycles. The van der Waals surface area contributed by atoms with Gasteiger partial charge in [-0.2, -0.15) is 5.10 Å². The third-order valence-corrected chi connectivity index (χ3v) is 3.96. The highest BCUT2D eigenvalue weighted by Crippen LogP contribution is 2.26. The average Bonchev–Trinajstić information content (AvgIpc) is 3.08. The molecule has 3 rings (SSSR count). The van der Waals surface area contributed by atoms with Crippen molar-refractivity contribution in [1.82, 2.24) is 14.6 Å². The van der Waals surface area contributed by atoms with Gasteiger partial charge in [-0.15, -0.1) is 11.3 Å². The number of hydrogen-bond donors (Lipinski definition) is 1. The van der Waals surface area contributed by atoms with E-state index in [1.54, 1.807) is 17.1 Å². The normalized spacial score (nSPS) is 11.3. The summed E-state index contributed by atoms with van der Waals surface area (Å²) >= 11 is 7.37. The van der Waals surface area contributed by atoms with Gasteiger partial charge in [0.2, 0.25) is 5.95 Å². The second-order valence-corrected chi connectivity index (χ2v) is 5.68. The standard InChI is InChI=1S/C14H12ClN5S/c1-9-12(13-17-6-7-21-13)19-14(16)20(9)18-8-10-2-4-11(15)5-3-10/h2-8H,1H3,(H2,16,19)/b18-8+. The molecule has 2 heterocycles. The monoisotopic (exact) mass is 317 g/mol. The zero-order chi connectivity index (χ0) is 14.8. The van der Waals surface area contributed by atoms with Crippen LogP contribution in [0.3, 0.4) is 0 Å². The number of nitrogen functional groups attached to an aromatic ring is 1. The zero-order valence-corrected chi connectivity index (χ0v) is 12.8. The van der Waals surface area contributed by atoms with Crippen molar-refractivity contribution >= 4 is 35.1 Å². The Morgan fingerprint density at radius 3 is 2.76 bits per heavy atom. The van der Waals surface area contributed by atoms with E-state index in [0.29, 0.717) is 11.0 Å². The van der Waals surface area contributed by atoms with Crippen molar-refractivity contribution in [2.75, 3.05) is 5.73 Å². The topological polar surface area (TPSA) is 69.1 Å². The number of hydrogen-bond acceptors (Lipinski definition) is 5. The van der Waals surface area contributed by atoms with E-state index in [9.17, 15) is 0 Å². The molecule has 0 bridgehead atoms. The highest BCUT2D eigenvalue weighted by Gasteiger charge is 2.14. The summed E-state index contributed by atoms with van der Waals surface area (Å²) in [6, 6.07) is 7.40. The van der Waals surface area contributed by atoms with Gasteiger partial charge in [-0.3, -0.25) is 0 Å². The van der Waals surface area contributed by atoms with Gasteiger partial charge < -0.3 is 5.73 Å². The molecule has 3 aromatic rings. The lowest BCUT2D eigenvalue weighted by Crippen LogP contribution is -1.99. The number of benzene rings is 1. The average molecular weight is 318 g/mol. The van der Waals surface area contributed by atoms with E-state index in [0.717, 1.165) is 22.0 Å². The van der Waals surface area contributed by atoms with Gasteiger partial charge in [0.25, 0.3) is 0 Å². The molecule has 0 spiro atoms. The van der Waals surface area contributed by atoms with Crippen LogP contribution in [-0.2, 0) is 0 Å². The molecule has 0 aliphatic heterocycles. The van der Waals surface area contributed by atoms with E-state index in [1.807, 2.05) is 36.6 Å².